The fourth-order valence-corrected chi connectivity index (χ4v) is 2.93. The van der Waals surface area contributed by atoms with Crippen molar-refractivity contribution in [3.05, 3.63) is 0 Å². The van der Waals surface area contributed by atoms with Gasteiger partial charge in [0.25, 0.3) is 0 Å². The molecule has 2 heteroatoms. The Morgan fingerprint density at radius 1 is 1.19 bits per heavy atom. The van der Waals surface area contributed by atoms with Crippen LogP contribution in [0.4, 0.5) is 0 Å². The largest absolute Gasteiger partial charge is 0.327 e. The van der Waals surface area contributed by atoms with Crippen molar-refractivity contribution in [3.63, 3.8) is 0 Å². The molecule has 4 atom stereocenters. The number of Topliss-reactive ketones (excluding diaryl/α,β-unsaturated/α-hetero) is 1. The second-order valence-electron chi connectivity index (χ2n) is 6.14. The second kappa shape index (κ2) is 4.87. The number of rotatable bonds is 4. The van der Waals surface area contributed by atoms with Gasteiger partial charge in [-0.2, -0.15) is 0 Å². The average molecular weight is 223 g/mol. The van der Waals surface area contributed by atoms with E-state index < -0.39 is 0 Å². The molecule has 2 N–H and O–H groups in total. The first-order chi connectivity index (χ1) is 7.58. The van der Waals surface area contributed by atoms with E-state index in [9.17, 15) is 4.79 Å². The highest BCUT2D eigenvalue weighted by Crippen LogP contribution is 2.37. The van der Waals surface area contributed by atoms with Gasteiger partial charge >= 0.3 is 0 Å². The Morgan fingerprint density at radius 2 is 1.88 bits per heavy atom. The van der Waals surface area contributed by atoms with Crippen LogP contribution >= 0.6 is 0 Å². The zero-order valence-electron chi connectivity index (χ0n) is 10.6. The summed E-state index contributed by atoms with van der Waals surface area (Å²) in [4.78, 5) is 12.1. The van der Waals surface area contributed by atoms with E-state index in [0.717, 1.165) is 18.8 Å². The molecule has 0 saturated heterocycles. The van der Waals surface area contributed by atoms with Crippen molar-refractivity contribution < 1.29 is 4.79 Å². The predicted molar refractivity (Wildman–Crippen MR) is 66.0 cm³/mol. The van der Waals surface area contributed by atoms with Crippen LogP contribution in [0.15, 0.2) is 0 Å². The van der Waals surface area contributed by atoms with Crippen LogP contribution in [0.5, 0.6) is 0 Å². The lowest BCUT2D eigenvalue weighted by Crippen LogP contribution is -2.32. The molecule has 2 nitrogen and oxygen atoms in total. The quantitative estimate of drug-likeness (QED) is 0.796. The molecular weight excluding hydrogens is 198 g/mol. The topological polar surface area (TPSA) is 43.1 Å². The first kappa shape index (κ1) is 12.1. The summed E-state index contributed by atoms with van der Waals surface area (Å²) in [6.07, 6.45) is 6.53. The van der Waals surface area contributed by atoms with E-state index >= 15 is 0 Å². The zero-order chi connectivity index (χ0) is 11.7. The predicted octanol–water partition coefficient (Wildman–Crippen LogP) is 2.76. The summed E-state index contributed by atoms with van der Waals surface area (Å²) in [5, 5.41) is 0. The molecule has 0 aromatic rings. The third-order valence-corrected chi connectivity index (χ3v) is 4.72. The summed E-state index contributed by atoms with van der Waals surface area (Å²) in [6, 6.07) is 0.155. The van der Waals surface area contributed by atoms with Crippen molar-refractivity contribution in [2.75, 3.05) is 0 Å². The zero-order valence-corrected chi connectivity index (χ0v) is 10.6. The number of carbonyl (C=O) groups excluding carboxylic acids is 1. The minimum Gasteiger partial charge on any atom is -0.327 e. The molecule has 0 aromatic carbocycles. The van der Waals surface area contributed by atoms with E-state index in [-0.39, 0.29) is 6.04 Å². The third kappa shape index (κ3) is 2.85. The SMILES string of the molecule is CC1CCC(C(=O)CC(N)C2CC2)CC1C. The maximum Gasteiger partial charge on any atom is 0.137 e. The molecule has 4 unspecified atom stereocenters. The molecule has 2 saturated carbocycles. The summed E-state index contributed by atoms with van der Waals surface area (Å²) in [6.45, 7) is 4.59. The van der Waals surface area contributed by atoms with Crippen LogP contribution < -0.4 is 5.73 Å². The van der Waals surface area contributed by atoms with Crippen molar-refractivity contribution in [1.82, 2.24) is 0 Å². The highest BCUT2D eigenvalue weighted by molar-refractivity contribution is 5.81. The first-order valence-electron chi connectivity index (χ1n) is 6.86. The molecule has 0 heterocycles. The fraction of sp³-hybridized carbons (Fsp3) is 0.929. The molecule has 92 valence electrons. The Labute approximate surface area is 99.0 Å². The van der Waals surface area contributed by atoms with E-state index in [1.165, 1.54) is 19.3 Å². The number of nitrogens with two attached hydrogens (primary N) is 1. The van der Waals surface area contributed by atoms with E-state index in [2.05, 4.69) is 13.8 Å². The summed E-state index contributed by atoms with van der Waals surface area (Å²) >= 11 is 0. The highest BCUT2D eigenvalue weighted by Gasteiger charge is 2.33. The Balaban J connectivity index is 1.80. The monoisotopic (exact) mass is 223 g/mol. The maximum absolute atomic E-state index is 12.1. The number of hydrogen-bond donors (Lipinski definition) is 1. The molecule has 0 spiro atoms. The first-order valence-corrected chi connectivity index (χ1v) is 6.86. The molecule has 0 aromatic heterocycles. The van der Waals surface area contributed by atoms with Gasteiger partial charge in [-0.3, -0.25) is 4.79 Å². The molecule has 2 aliphatic carbocycles. The molecule has 0 aliphatic heterocycles. The smallest absolute Gasteiger partial charge is 0.137 e. The molecule has 0 amide bonds. The average Bonchev–Trinajstić information content (AvgIpc) is 3.05. The standard InChI is InChI=1S/C14H25NO/c1-9-3-4-12(7-10(9)2)14(16)8-13(15)11-5-6-11/h9-13H,3-8,15H2,1-2H3. The molecule has 0 radical (unpaired) electrons. The second-order valence-corrected chi connectivity index (χ2v) is 6.14. The van der Waals surface area contributed by atoms with Crippen molar-refractivity contribution >= 4 is 5.78 Å². The Morgan fingerprint density at radius 3 is 2.44 bits per heavy atom. The molecule has 2 fully saturated rings. The fourth-order valence-electron chi connectivity index (χ4n) is 2.93. The maximum atomic E-state index is 12.1. The van der Waals surface area contributed by atoms with Gasteiger partial charge in [0.1, 0.15) is 5.78 Å². The molecule has 0 bridgehead atoms. The highest BCUT2D eigenvalue weighted by atomic mass is 16.1. The van der Waals surface area contributed by atoms with E-state index in [0.29, 0.717) is 30.0 Å². The van der Waals surface area contributed by atoms with Crippen molar-refractivity contribution in [2.45, 2.75) is 58.4 Å². The van der Waals surface area contributed by atoms with Crippen LogP contribution in [0.25, 0.3) is 0 Å². The lowest BCUT2D eigenvalue weighted by atomic mass is 9.73. The van der Waals surface area contributed by atoms with Gasteiger partial charge < -0.3 is 5.73 Å². The van der Waals surface area contributed by atoms with E-state index in [1.54, 1.807) is 0 Å². The summed E-state index contributed by atoms with van der Waals surface area (Å²) in [7, 11) is 0. The molecular formula is C14H25NO. The lowest BCUT2D eigenvalue weighted by molar-refractivity contribution is -0.125. The van der Waals surface area contributed by atoms with Gasteiger partial charge in [0.2, 0.25) is 0 Å². The third-order valence-electron chi connectivity index (χ3n) is 4.72. The number of hydrogen-bond acceptors (Lipinski definition) is 2. The lowest BCUT2D eigenvalue weighted by Gasteiger charge is -2.31. The van der Waals surface area contributed by atoms with Crippen LogP contribution in [0.2, 0.25) is 0 Å². The van der Waals surface area contributed by atoms with Gasteiger partial charge in [-0.25, -0.2) is 0 Å². The van der Waals surface area contributed by atoms with Gasteiger partial charge in [0.15, 0.2) is 0 Å². The van der Waals surface area contributed by atoms with Gasteiger partial charge in [-0.05, 0) is 49.9 Å². The Bertz CT molecular complexity index is 259. The van der Waals surface area contributed by atoms with Gasteiger partial charge in [-0.15, -0.1) is 0 Å². The van der Waals surface area contributed by atoms with Crippen molar-refractivity contribution in [3.8, 4) is 0 Å². The van der Waals surface area contributed by atoms with Gasteiger partial charge in [0, 0.05) is 18.4 Å². The van der Waals surface area contributed by atoms with Crippen molar-refractivity contribution in [2.24, 2.45) is 29.4 Å². The minimum absolute atomic E-state index is 0.155. The van der Waals surface area contributed by atoms with Crippen molar-refractivity contribution in [1.29, 1.82) is 0 Å². The minimum atomic E-state index is 0.155. The molecule has 16 heavy (non-hydrogen) atoms. The molecule has 2 rings (SSSR count). The summed E-state index contributed by atoms with van der Waals surface area (Å²) in [5.74, 6) is 2.92. The van der Waals surface area contributed by atoms with E-state index in [4.69, 9.17) is 5.73 Å². The molecule has 2 aliphatic rings. The van der Waals surface area contributed by atoms with Crippen LogP contribution in [0, 0.1) is 23.7 Å². The van der Waals surface area contributed by atoms with E-state index in [1.807, 2.05) is 0 Å². The summed E-state index contributed by atoms with van der Waals surface area (Å²) in [5.41, 5.74) is 6.03. The van der Waals surface area contributed by atoms with Crippen LogP contribution in [-0.4, -0.2) is 11.8 Å². The van der Waals surface area contributed by atoms with Gasteiger partial charge in [-0.1, -0.05) is 13.8 Å². The van der Waals surface area contributed by atoms with Crippen LogP contribution in [0.1, 0.15) is 52.4 Å². The van der Waals surface area contributed by atoms with Crippen LogP contribution in [-0.2, 0) is 4.79 Å². The summed E-state index contributed by atoms with van der Waals surface area (Å²) < 4.78 is 0. The number of ketones is 1. The Kier molecular flexibility index (Phi) is 3.68. The normalized spacial score (nSPS) is 37.1. The van der Waals surface area contributed by atoms with Gasteiger partial charge in [0.05, 0.1) is 0 Å². The van der Waals surface area contributed by atoms with Crippen LogP contribution in [0.3, 0.4) is 0 Å². The Hall–Kier alpha value is -0.370. The number of carbonyl (C=O) groups is 1.